The van der Waals surface area contributed by atoms with Gasteiger partial charge in [-0.2, -0.15) is 4.98 Å². The van der Waals surface area contributed by atoms with E-state index in [2.05, 4.69) is 15.6 Å². The number of nitrogens with zero attached hydrogens (tertiary/aromatic N) is 4. The van der Waals surface area contributed by atoms with Crippen LogP contribution in [0.1, 0.15) is 43.7 Å². The molecule has 55 heavy (non-hydrogen) atoms. The number of amides is 2. The number of carbonyl (C=O) groups is 2. The van der Waals surface area contributed by atoms with E-state index in [4.69, 9.17) is 37.7 Å². The van der Waals surface area contributed by atoms with E-state index in [9.17, 15) is 24.6 Å². The predicted octanol–water partition coefficient (Wildman–Crippen LogP) is 6.18. The topological polar surface area (TPSA) is 168 Å². The summed E-state index contributed by atoms with van der Waals surface area (Å²) in [6, 6.07) is 18.1. The Labute approximate surface area is 326 Å². The Balaban J connectivity index is 1.16. The summed E-state index contributed by atoms with van der Waals surface area (Å²) < 4.78 is 12.6. The molecule has 1 unspecified atom stereocenters. The first-order valence-corrected chi connectivity index (χ1v) is 18.6. The molecule has 7 rings (SSSR count). The number of hydrogen-bond acceptors (Lipinski definition) is 9. The smallest absolute Gasteiger partial charge is 0.407 e. The largest absolute Gasteiger partial charge is 0.481 e. The first-order chi connectivity index (χ1) is 26.3. The van der Waals surface area contributed by atoms with Crippen molar-refractivity contribution >= 4 is 40.8 Å². The summed E-state index contributed by atoms with van der Waals surface area (Å²) >= 11 is 14.2. The molecule has 1 saturated heterocycles. The average molecular weight is 788 g/mol. The highest BCUT2D eigenvalue weighted by molar-refractivity contribution is 6.39. The molecule has 0 radical (unpaired) electrons. The van der Waals surface area contributed by atoms with Crippen molar-refractivity contribution in [1.82, 2.24) is 29.9 Å². The van der Waals surface area contributed by atoms with Gasteiger partial charge in [0.05, 0.1) is 47.7 Å². The van der Waals surface area contributed by atoms with E-state index in [0.29, 0.717) is 80.5 Å². The molecule has 1 aliphatic heterocycles. The van der Waals surface area contributed by atoms with Crippen LogP contribution in [0.15, 0.2) is 71.7 Å². The highest BCUT2D eigenvalue weighted by Gasteiger charge is 2.38. The summed E-state index contributed by atoms with van der Waals surface area (Å²) in [4.78, 5) is 47.9. The van der Waals surface area contributed by atoms with Crippen LogP contribution in [0.4, 0.5) is 4.79 Å². The highest BCUT2D eigenvalue weighted by Crippen LogP contribution is 2.42. The van der Waals surface area contributed by atoms with E-state index in [1.165, 1.54) is 23.5 Å². The summed E-state index contributed by atoms with van der Waals surface area (Å²) in [5, 5.41) is 26.9. The number of nitrogens with one attached hydrogen (secondary N) is 2. The van der Waals surface area contributed by atoms with Gasteiger partial charge in [-0.25, -0.2) is 9.78 Å². The van der Waals surface area contributed by atoms with E-state index >= 15 is 0 Å². The molecule has 2 aromatic carbocycles. The van der Waals surface area contributed by atoms with Gasteiger partial charge in [0.2, 0.25) is 17.7 Å². The van der Waals surface area contributed by atoms with E-state index in [1.807, 2.05) is 36.4 Å². The molecule has 0 bridgehead atoms. The van der Waals surface area contributed by atoms with Crippen LogP contribution < -0.4 is 25.7 Å². The molecule has 1 saturated carbocycles. The average Bonchev–Trinajstić information content (AvgIpc) is 3.57. The van der Waals surface area contributed by atoms with Crippen molar-refractivity contribution in [3.05, 3.63) is 98.4 Å². The number of methoxy groups -OCH3 is 2. The Kier molecular flexibility index (Phi) is 10.7. The van der Waals surface area contributed by atoms with Crippen molar-refractivity contribution in [1.29, 1.82) is 0 Å². The number of ether oxygens (including phenoxy) is 2. The summed E-state index contributed by atoms with van der Waals surface area (Å²) in [5.74, 6) is 0.383. The van der Waals surface area contributed by atoms with Gasteiger partial charge >= 0.3 is 6.09 Å². The fourth-order valence-corrected chi connectivity index (χ4v) is 8.01. The molecule has 0 spiro atoms. The van der Waals surface area contributed by atoms with E-state index < -0.39 is 11.7 Å². The molecular weight excluding hydrogens is 747 g/mol. The fraction of sp³-hybridized carbons (Fsp3) is 0.325. The fourth-order valence-electron chi connectivity index (χ4n) is 7.35. The summed E-state index contributed by atoms with van der Waals surface area (Å²) in [7, 11) is 2.95. The number of carboxylic acid groups (broad SMARTS) is 1. The summed E-state index contributed by atoms with van der Waals surface area (Å²) in [6.07, 6.45) is 2.71. The summed E-state index contributed by atoms with van der Waals surface area (Å²) in [6.45, 7) is 2.21. The minimum absolute atomic E-state index is 0.0177. The quantitative estimate of drug-likeness (QED) is 0.115. The minimum Gasteiger partial charge on any atom is -0.481 e. The van der Waals surface area contributed by atoms with Gasteiger partial charge in [-0.15, -0.1) is 0 Å². The van der Waals surface area contributed by atoms with Crippen LogP contribution in [0.5, 0.6) is 11.8 Å². The lowest BCUT2D eigenvalue weighted by molar-refractivity contribution is -0.119. The molecule has 4 N–H and O–H groups in total. The standard InChI is InChI=1S/C40H40Cl2N6O7/c1-40(53)17-25(18-40)43-19-30-37(55-3)46-32-16-22(14-15-48(32)38(30)50)26-6-4-7-27(34(26)41)28-8-5-9-29(35(28)42)31-12-10-23(36(45-31)54-2)20-47(39(51)52)21-24-11-13-33(49)44-24/h4-10,12,14-16,24-25,43,53H,11,13,17-21H2,1-3H3,(H,44,49)(H,51,52). The second kappa shape index (κ2) is 15.5. The lowest BCUT2D eigenvalue weighted by Gasteiger charge is -2.41. The molecule has 1 aliphatic carbocycles. The summed E-state index contributed by atoms with van der Waals surface area (Å²) in [5.41, 5.74) is 4.28. The van der Waals surface area contributed by atoms with Crippen LogP contribution in [0.2, 0.25) is 10.0 Å². The van der Waals surface area contributed by atoms with Crippen LogP contribution in [0.25, 0.3) is 39.2 Å². The van der Waals surface area contributed by atoms with Gasteiger partial charge in [0, 0.05) is 65.6 Å². The van der Waals surface area contributed by atoms with E-state index in [-0.39, 0.29) is 54.9 Å². The zero-order chi connectivity index (χ0) is 39.0. The number of halogens is 2. The second-order valence-electron chi connectivity index (χ2n) is 14.2. The molecule has 286 valence electrons. The zero-order valence-corrected chi connectivity index (χ0v) is 31.9. The van der Waals surface area contributed by atoms with Crippen LogP contribution in [0, 0.1) is 0 Å². The number of rotatable bonds is 12. The van der Waals surface area contributed by atoms with E-state index in [0.717, 1.165) is 5.56 Å². The van der Waals surface area contributed by atoms with Crippen LogP contribution in [-0.4, -0.2) is 79.9 Å². The van der Waals surface area contributed by atoms with Crippen molar-refractivity contribution < 1.29 is 29.3 Å². The third kappa shape index (κ3) is 7.83. The van der Waals surface area contributed by atoms with Gasteiger partial charge in [0.15, 0.2) is 0 Å². The van der Waals surface area contributed by atoms with Crippen LogP contribution >= 0.6 is 23.2 Å². The van der Waals surface area contributed by atoms with Gasteiger partial charge in [-0.3, -0.25) is 14.0 Å². The van der Waals surface area contributed by atoms with Gasteiger partial charge in [-0.05, 0) is 56.0 Å². The maximum absolute atomic E-state index is 13.6. The molecule has 3 aromatic heterocycles. The van der Waals surface area contributed by atoms with Crippen LogP contribution in [0.3, 0.4) is 0 Å². The number of benzene rings is 2. The Morgan fingerprint density at radius 2 is 1.65 bits per heavy atom. The van der Waals surface area contributed by atoms with Crippen LogP contribution in [-0.2, 0) is 17.9 Å². The molecule has 5 aromatic rings. The third-order valence-electron chi connectivity index (χ3n) is 10.2. The minimum atomic E-state index is -1.12. The van der Waals surface area contributed by atoms with E-state index in [1.54, 1.807) is 37.4 Å². The van der Waals surface area contributed by atoms with Crippen molar-refractivity contribution in [2.24, 2.45) is 0 Å². The molecule has 13 nitrogen and oxygen atoms in total. The van der Waals surface area contributed by atoms with Gasteiger partial charge in [0.1, 0.15) is 5.65 Å². The Morgan fingerprint density at radius 1 is 0.982 bits per heavy atom. The maximum atomic E-state index is 13.6. The molecule has 15 heteroatoms. The second-order valence-corrected chi connectivity index (χ2v) is 15.0. The number of aromatic nitrogens is 3. The highest BCUT2D eigenvalue weighted by atomic mass is 35.5. The lowest BCUT2D eigenvalue weighted by Crippen LogP contribution is -2.51. The molecule has 1 atom stereocenters. The number of carbonyl (C=O) groups excluding carboxylic acids is 1. The number of fused-ring (bicyclic) bond motifs is 1. The van der Waals surface area contributed by atoms with Crippen molar-refractivity contribution in [3.63, 3.8) is 0 Å². The Morgan fingerprint density at radius 3 is 2.29 bits per heavy atom. The van der Waals surface area contributed by atoms with Gasteiger partial charge in [-0.1, -0.05) is 59.6 Å². The van der Waals surface area contributed by atoms with Gasteiger partial charge in [0.25, 0.3) is 5.56 Å². The SMILES string of the molecule is COc1nc(-c2cccc(-c3cccc(-c4ccn5c(=O)c(CNC6CC(C)(O)C6)c(OC)nc5c4)c3Cl)c2Cl)ccc1CN(CC1CCC(=O)N1)C(=O)O. The van der Waals surface area contributed by atoms with Crippen molar-refractivity contribution in [2.75, 3.05) is 20.8 Å². The van der Waals surface area contributed by atoms with Crippen molar-refractivity contribution in [3.8, 4) is 45.3 Å². The molecule has 4 heterocycles. The number of hydrogen-bond donors (Lipinski definition) is 4. The lowest BCUT2D eigenvalue weighted by atomic mass is 9.77. The maximum Gasteiger partial charge on any atom is 0.407 e. The molecule has 2 aliphatic rings. The first-order valence-electron chi connectivity index (χ1n) is 17.8. The first kappa shape index (κ1) is 38.1. The third-order valence-corrected chi connectivity index (χ3v) is 11.0. The number of aliphatic hydroxyl groups is 1. The molecular formula is C40H40Cl2N6O7. The molecule has 2 amide bonds. The monoisotopic (exact) mass is 786 g/mol. The Bertz CT molecular complexity index is 2360. The zero-order valence-electron chi connectivity index (χ0n) is 30.4. The molecule has 2 fully saturated rings. The number of pyridine rings is 2. The Hall–Kier alpha value is -5.21. The normalized spacial score (nSPS) is 19.2. The van der Waals surface area contributed by atoms with Crippen molar-refractivity contribution in [2.45, 2.75) is 63.4 Å². The predicted molar refractivity (Wildman–Crippen MR) is 209 cm³/mol. The van der Waals surface area contributed by atoms with Gasteiger partial charge < -0.3 is 35.2 Å².